The van der Waals surface area contributed by atoms with E-state index in [4.69, 9.17) is 17.3 Å². The highest BCUT2D eigenvalue weighted by Gasteiger charge is 2.14. The largest absolute Gasteiger partial charge is 0.326 e. The van der Waals surface area contributed by atoms with Crippen LogP contribution >= 0.6 is 34.2 Å². The summed E-state index contributed by atoms with van der Waals surface area (Å²) < 4.78 is 24.8. The maximum absolute atomic E-state index is 12.2. The number of rotatable bonds is 2. The van der Waals surface area contributed by atoms with Gasteiger partial charge in [0.2, 0.25) is 0 Å². The Kier molecular flexibility index (Phi) is 3.81. The number of pyridine rings is 1. The van der Waals surface area contributed by atoms with Crippen LogP contribution in [0.4, 0.5) is 8.78 Å². The molecule has 6 heteroatoms. The number of hydrogen-bond acceptors (Lipinski definition) is 2. The number of alkyl halides is 2. The minimum Gasteiger partial charge on any atom is -0.326 e. The molecule has 2 N–H and O–H groups in total. The summed E-state index contributed by atoms with van der Waals surface area (Å²) in [6.45, 7) is 0.202. The van der Waals surface area contributed by atoms with Gasteiger partial charge in [0.25, 0.3) is 6.43 Å². The predicted molar refractivity (Wildman–Crippen MR) is 54.8 cm³/mol. The third-order valence-electron chi connectivity index (χ3n) is 1.47. The van der Waals surface area contributed by atoms with E-state index in [-0.39, 0.29) is 17.3 Å². The summed E-state index contributed by atoms with van der Waals surface area (Å²) in [7, 11) is 0. The van der Waals surface area contributed by atoms with Crippen LogP contribution < -0.4 is 5.73 Å². The van der Waals surface area contributed by atoms with Crippen molar-refractivity contribution in [3.8, 4) is 0 Å². The van der Waals surface area contributed by atoms with Crippen LogP contribution in [0.1, 0.15) is 17.7 Å². The third kappa shape index (κ3) is 2.47. The van der Waals surface area contributed by atoms with Crippen LogP contribution in [-0.4, -0.2) is 4.98 Å². The molecule has 1 aromatic heterocycles. The highest BCUT2D eigenvalue weighted by atomic mass is 127. The van der Waals surface area contributed by atoms with Gasteiger partial charge < -0.3 is 5.73 Å². The Balaban J connectivity index is 3.20. The lowest BCUT2D eigenvalue weighted by Gasteiger charge is -2.06. The molecule has 0 aliphatic rings. The molecule has 0 aromatic carbocycles. The Hall–Kier alpha value is -0.0100. The lowest BCUT2D eigenvalue weighted by molar-refractivity contribution is 0.146. The van der Waals surface area contributed by atoms with Crippen molar-refractivity contribution in [3.63, 3.8) is 0 Å². The average molecular weight is 318 g/mol. The van der Waals surface area contributed by atoms with Crippen molar-refractivity contribution in [3.05, 3.63) is 26.0 Å². The molecule has 72 valence electrons. The smallest absolute Gasteiger partial charge is 0.280 e. The normalized spacial score (nSPS) is 10.9. The first-order valence-corrected chi connectivity index (χ1v) is 4.85. The van der Waals surface area contributed by atoms with Gasteiger partial charge in [0.1, 0.15) is 9.39 Å². The molecule has 0 saturated heterocycles. The molecular formula is C7H6ClF2IN2. The lowest BCUT2D eigenvalue weighted by atomic mass is 10.2. The Morgan fingerprint density at radius 1 is 1.62 bits per heavy atom. The van der Waals surface area contributed by atoms with Gasteiger partial charge in [-0.2, -0.15) is 0 Å². The summed E-state index contributed by atoms with van der Waals surface area (Å²) in [5.74, 6) is 0. The predicted octanol–water partition coefficient (Wildman–Crippen LogP) is 2.74. The van der Waals surface area contributed by atoms with Gasteiger partial charge in [-0.15, -0.1) is 0 Å². The van der Waals surface area contributed by atoms with E-state index in [9.17, 15) is 8.78 Å². The molecule has 0 spiro atoms. The summed E-state index contributed by atoms with van der Waals surface area (Å²) in [6, 6.07) is 1.15. The average Bonchev–Trinajstić information content (AvgIpc) is 2.03. The van der Waals surface area contributed by atoms with Gasteiger partial charge in [0.15, 0.2) is 0 Å². The number of halogens is 4. The fraction of sp³-hybridized carbons (Fsp3) is 0.286. The zero-order valence-electron chi connectivity index (χ0n) is 6.40. The Morgan fingerprint density at radius 2 is 2.23 bits per heavy atom. The zero-order chi connectivity index (χ0) is 10.0. The SMILES string of the molecule is NCc1c(Cl)cc(C(F)F)nc1I. The minimum absolute atomic E-state index is 0.202. The summed E-state index contributed by atoms with van der Waals surface area (Å²) in [5.41, 5.74) is 5.65. The standard InChI is InChI=1S/C7H6ClF2IN2/c8-4-1-5(6(9)10)13-7(11)3(4)2-12/h1,6H,2,12H2. The highest BCUT2D eigenvalue weighted by Crippen LogP contribution is 2.25. The van der Waals surface area contributed by atoms with Gasteiger partial charge >= 0.3 is 0 Å². The van der Waals surface area contributed by atoms with Crippen LogP contribution in [0.3, 0.4) is 0 Å². The van der Waals surface area contributed by atoms with E-state index >= 15 is 0 Å². The third-order valence-corrected chi connectivity index (χ3v) is 2.70. The Bertz CT molecular complexity index is 296. The van der Waals surface area contributed by atoms with Gasteiger partial charge in [-0.25, -0.2) is 13.8 Å². The number of nitrogens with zero attached hydrogens (tertiary/aromatic N) is 1. The minimum atomic E-state index is -2.60. The molecule has 13 heavy (non-hydrogen) atoms. The summed E-state index contributed by atoms with van der Waals surface area (Å²) >= 11 is 7.56. The zero-order valence-corrected chi connectivity index (χ0v) is 9.31. The van der Waals surface area contributed by atoms with Crippen molar-refractivity contribution < 1.29 is 8.78 Å². The van der Waals surface area contributed by atoms with E-state index in [1.54, 1.807) is 0 Å². The van der Waals surface area contributed by atoms with Crippen LogP contribution in [0.15, 0.2) is 6.07 Å². The van der Waals surface area contributed by atoms with Crippen molar-refractivity contribution in [1.82, 2.24) is 4.98 Å². The molecule has 0 radical (unpaired) electrons. The Morgan fingerprint density at radius 3 is 2.62 bits per heavy atom. The van der Waals surface area contributed by atoms with Crippen LogP contribution in [0.25, 0.3) is 0 Å². The number of hydrogen-bond donors (Lipinski definition) is 1. The van der Waals surface area contributed by atoms with Gasteiger partial charge in [0, 0.05) is 17.1 Å². The molecule has 2 nitrogen and oxygen atoms in total. The molecular weight excluding hydrogens is 312 g/mol. The van der Waals surface area contributed by atoms with Crippen molar-refractivity contribution in [2.75, 3.05) is 0 Å². The fourth-order valence-electron chi connectivity index (χ4n) is 0.822. The quantitative estimate of drug-likeness (QED) is 0.673. The number of nitrogens with two attached hydrogens (primary N) is 1. The molecule has 0 unspecified atom stereocenters. The monoisotopic (exact) mass is 318 g/mol. The summed E-state index contributed by atoms with van der Waals surface area (Å²) in [4.78, 5) is 3.68. The van der Waals surface area contributed by atoms with Gasteiger partial charge in [-0.3, -0.25) is 0 Å². The number of aromatic nitrogens is 1. The van der Waals surface area contributed by atoms with Gasteiger partial charge in [-0.1, -0.05) is 11.6 Å². The maximum Gasteiger partial charge on any atom is 0.280 e. The van der Waals surface area contributed by atoms with Crippen molar-refractivity contribution in [2.24, 2.45) is 5.73 Å². The second kappa shape index (κ2) is 4.47. The molecule has 0 aliphatic carbocycles. The van der Waals surface area contributed by atoms with E-state index in [2.05, 4.69) is 4.98 Å². The van der Waals surface area contributed by atoms with E-state index in [0.29, 0.717) is 9.26 Å². The van der Waals surface area contributed by atoms with E-state index in [1.165, 1.54) is 0 Å². The van der Waals surface area contributed by atoms with Crippen LogP contribution in [0, 0.1) is 3.70 Å². The second-order valence-corrected chi connectivity index (χ2v) is 3.73. The molecule has 0 bridgehead atoms. The first-order valence-electron chi connectivity index (χ1n) is 3.39. The molecule has 1 rings (SSSR count). The fourth-order valence-corrected chi connectivity index (χ4v) is 2.05. The molecule has 1 aromatic rings. The van der Waals surface area contributed by atoms with Crippen molar-refractivity contribution in [2.45, 2.75) is 13.0 Å². The highest BCUT2D eigenvalue weighted by molar-refractivity contribution is 14.1. The summed E-state index contributed by atoms with van der Waals surface area (Å²) in [5, 5.41) is 0.247. The van der Waals surface area contributed by atoms with Crippen LogP contribution in [0.2, 0.25) is 5.02 Å². The summed E-state index contributed by atoms with van der Waals surface area (Å²) in [6.07, 6.45) is -2.60. The van der Waals surface area contributed by atoms with Crippen molar-refractivity contribution >= 4 is 34.2 Å². The van der Waals surface area contributed by atoms with E-state index in [0.717, 1.165) is 6.07 Å². The first kappa shape index (κ1) is 11.1. The first-order chi connectivity index (χ1) is 6.06. The van der Waals surface area contributed by atoms with Crippen molar-refractivity contribution in [1.29, 1.82) is 0 Å². The van der Waals surface area contributed by atoms with Gasteiger partial charge in [-0.05, 0) is 28.7 Å². The molecule has 0 atom stereocenters. The van der Waals surface area contributed by atoms with Crippen LogP contribution in [0.5, 0.6) is 0 Å². The molecule has 0 fully saturated rings. The van der Waals surface area contributed by atoms with E-state index in [1.807, 2.05) is 22.6 Å². The maximum atomic E-state index is 12.2. The van der Waals surface area contributed by atoms with E-state index < -0.39 is 6.43 Å². The Labute approximate surface area is 92.6 Å². The molecule has 0 saturated carbocycles. The topological polar surface area (TPSA) is 38.9 Å². The molecule has 0 amide bonds. The second-order valence-electron chi connectivity index (χ2n) is 2.30. The molecule has 1 heterocycles. The molecule has 0 aliphatic heterocycles. The van der Waals surface area contributed by atoms with Gasteiger partial charge in [0.05, 0.1) is 0 Å². The van der Waals surface area contributed by atoms with Crippen LogP contribution in [-0.2, 0) is 6.54 Å². The lowest BCUT2D eigenvalue weighted by Crippen LogP contribution is -2.04.